The number of fused-ring (bicyclic) bond motifs is 3. The molecule has 0 spiro atoms. The molecule has 3 aromatic rings. The van der Waals surface area contributed by atoms with Crippen molar-refractivity contribution >= 4 is 23.7 Å². The molecular formula is C28H28N2O5. The number of hydrogen-bond donors (Lipinski definition) is 2. The average molecular weight is 473 g/mol. The van der Waals surface area contributed by atoms with Gasteiger partial charge in [0, 0.05) is 18.2 Å². The van der Waals surface area contributed by atoms with Crippen molar-refractivity contribution in [3.63, 3.8) is 0 Å². The normalized spacial score (nSPS) is 12.9. The summed E-state index contributed by atoms with van der Waals surface area (Å²) >= 11 is 0. The van der Waals surface area contributed by atoms with Gasteiger partial charge in [-0.2, -0.15) is 0 Å². The van der Waals surface area contributed by atoms with Crippen LogP contribution in [0.5, 0.6) is 0 Å². The molecule has 1 unspecified atom stereocenters. The van der Waals surface area contributed by atoms with Gasteiger partial charge in [-0.15, -0.1) is 0 Å². The molecular weight excluding hydrogens is 444 g/mol. The maximum Gasteiger partial charge on any atom is 0.407 e. The van der Waals surface area contributed by atoms with Crippen LogP contribution < -0.4 is 10.2 Å². The van der Waals surface area contributed by atoms with Gasteiger partial charge in [0.1, 0.15) is 12.6 Å². The van der Waals surface area contributed by atoms with Crippen molar-refractivity contribution in [2.45, 2.75) is 32.2 Å². The van der Waals surface area contributed by atoms with Gasteiger partial charge in [0.15, 0.2) is 0 Å². The fourth-order valence-corrected chi connectivity index (χ4v) is 4.54. The number of carbonyl (C=O) groups is 3. The van der Waals surface area contributed by atoms with Crippen molar-refractivity contribution in [1.29, 1.82) is 0 Å². The second-order valence-electron chi connectivity index (χ2n) is 8.54. The first-order valence-electron chi connectivity index (χ1n) is 11.6. The molecule has 0 aliphatic heterocycles. The van der Waals surface area contributed by atoms with Crippen LogP contribution in [0.25, 0.3) is 11.1 Å². The van der Waals surface area contributed by atoms with Crippen molar-refractivity contribution in [2.24, 2.45) is 0 Å². The summed E-state index contributed by atoms with van der Waals surface area (Å²) < 4.78 is 5.52. The Hall–Kier alpha value is -4.13. The van der Waals surface area contributed by atoms with E-state index in [4.69, 9.17) is 4.74 Å². The van der Waals surface area contributed by atoms with Crippen LogP contribution in [0.4, 0.5) is 10.5 Å². The van der Waals surface area contributed by atoms with E-state index in [0.29, 0.717) is 12.2 Å². The monoisotopic (exact) mass is 472 g/mol. The quantitative estimate of drug-likeness (QED) is 0.494. The van der Waals surface area contributed by atoms with E-state index >= 15 is 0 Å². The molecule has 180 valence electrons. The molecule has 1 aliphatic rings. The van der Waals surface area contributed by atoms with Crippen molar-refractivity contribution in [3.8, 4) is 11.1 Å². The van der Waals surface area contributed by atoms with Crippen LogP contribution in [0.3, 0.4) is 0 Å². The molecule has 2 amide bonds. The summed E-state index contributed by atoms with van der Waals surface area (Å²) in [6, 6.07) is 22.0. The van der Waals surface area contributed by atoms with Crippen LogP contribution in [0.1, 0.15) is 36.0 Å². The Morgan fingerprint density at radius 3 is 2.06 bits per heavy atom. The molecule has 7 heteroatoms. The molecule has 2 N–H and O–H groups in total. The minimum atomic E-state index is -1.26. The average Bonchev–Trinajstić information content (AvgIpc) is 3.17. The number of anilines is 1. The number of alkyl carbamates (subject to hydrolysis) is 1. The summed E-state index contributed by atoms with van der Waals surface area (Å²) in [4.78, 5) is 38.8. The van der Waals surface area contributed by atoms with Gasteiger partial charge in [-0.05, 0) is 48.2 Å². The molecule has 0 saturated carbocycles. The molecule has 0 saturated heterocycles. The molecule has 7 nitrogen and oxygen atoms in total. The van der Waals surface area contributed by atoms with Gasteiger partial charge in [0.25, 0.3) is 0 Å². The molecule has 0 heterocycles. The van der Waals surface area contributed by atoms with Crippen LogP contribution in [0, 0.1) is 6.92 Å². The van der Waals surface area contributed by atoms with Crippen molar-refractivity contribution in [2.75, 3.05) is 18.1 Å². The molecule has 1 atom stereocenters. The standard InChI is InChI=1S/C28H28N2O5/c1-3-30(19-14-12-18(2)13-15-19)27(33)25(16-26(31)32)29-28(34)35-17-24-22-10-6-4-8-20(22)21-9-5-7-11-23(21)24/h4-15,24-25H,3,16-17H2,1-2H3,(H,29,34)(H,31,32). The zero-order chi connectivity index (χ0) is 24.9. The number of nitrogens with one attached hydrogen (secondary N) is 1. The third-order valence-electron chi connectivity index (χ3n) is 6.24. The number of benzene rings is 3. The molecule has 4 rings (SSSR count). The van der Waals surface area contributed by atoms with E-state index in [9.17, 15) is 19.5 Å². The number of carboxylic acids is 1. The Bertz CT molecular complexity index is 1190. The summed E-state index contributed by atoms with van der Waals surface area (Å²) in [6.07, 6.45) is -1.38. The summed E-state index contributed by atoms with van der Waals surface area (Å²) in [5.41, 5.74) is 6.01. The van der Waals surface area contributed by atoms with Crippen molar-refractivity contribution in [1.82, 2.24) is 5.32 Å². The number of aryl methyl sites for hydroxylation is 1. The van der Waals surface area contributed by atoms with E-state index in [0.717, 1.165) is 27.8 Å². The van der Waals surface area contributed by atoms with E-state index in [1.807, 2.05) is 67.6 Å². The van der Waals surface area contributed by atoms with E-state index in [1.54, 1.807) is 19.1 Å². The number of amides is 2. The smallest absolute Gasteiger partial charge is 0.407 e. The molecule has 0 aromatic heterocycles. The molecule has 0 bridgehead atoms. The lowest BCUT2D eigenvalue weighted by molar-refractivity contribution is -0.139. The lowest BCUT2D eigenvalue weighted by atomic mass is 9.98. The summed E-state index contributed by atoms with van der Waals surface area (Å²) in [6.45, 7) is 4.13. The Morgan fingerprint density at radius 1 is 0.943 bits per heavy atom. The first kappa shape index (κ1) is 24.0. The summed E-state index contributed by atoms with van der Waals surface area (Å²) in [5, 5.41) is 11.8. The lowest BCUT2D eigenvalue weighted by Crippen LogP contribution is -2.50. The van der Waals surface area contributed by atoms with Crippen LogP contribution in [0.15, 0.2) is 72.8 Å². The topological polar surface area (TPSA) is 95.9 Å². The molecule has 35 heavy (non-hydrogen) atoms. The molecule has 1 aliphatic carbocycles. The molecule has 3 aromatic carbocycles. The van der Waals surface area contributed by atoms with Gasteiger partial charge < -0.3 is 20.1 Å². The zero-order valence-electron chi connectivity index (χ0n) is 19.7. The Morgan fingerprint density at radius 2 is 1.51 bits per heavy atom. The highest BCUT2D eigenvalue weighted by molar-refractivity contribution is 6.00. The van der Waals surface area contributed by atoms with Crippen LogP contribution in [-0.2, 0) is 14.3 Å². The number of ether oxygens (including phenoxy) is 1. The lowest BCUT2D eigenvalue weighted by Gasteiger charge is -2.26. The molecule has 0 fully saturated rings. The Balaban J connectivity index is 1.47. The maximum atomic E-state index is 13.2. The fraction of sp³-hybridized carbons (Fsp3) is 0.250. The number of rotatable bonds is 8. The Kier molecular flexibility index (Phi) is 7.15. The second kappa shape index (κ2) is 10.4. The number of hydrogen-bond acceptors (Lipinski definition) is 4. The van der Waals surface area contributed by atoms with Gasteiger partial charge in [-0.1, -0.05) is 66.2 Å². The van der Waals surface area contributed by atoms with Crippen molar-refractivity contribution in [3.05, 3.63) is 89.5 Å². The highest BCUT2D eigenvalue weighted by Gasteiger charge is 2.31. The largest absolute Gasteiger partial charge is 0.481 e. The third-order valence-corrected chi connectivity index (χ3v) is 6.24. The number of aliphatic carboxylic acids is 1. The van der Waals surface area contributed by atoms with Crippen molar-refractivity contribution < 1.29 is 24.2 Å². The number of likely N-dealkylation sites (N-methyl/N-ethyl adjacent to an activating group) is 1. The second-order valence-corrected chi connectivity index (χ2v) is 8.54. The Labute approximate surface area is 204 Å². The molecule has 0 radical (unpaired) electrons. The maximum absolute atomic E-state index is 13.2. The first-order valence-corrected chi connectivity index (χ1v) is 11.6. The van der Waals surface area contributed by atoms with Crippen LogP contribution >= 0.6 is 0 Å². The highest BCUT2D eigenvalue weighted by atomic mass is 16.5. The summed E-state index contributed by atoms with van der Waals surface area (Å²) in [5.74, 6) is -1.84. The first-order chi connectivity index (χ1) is 16.9. The third kappa shape index (κ3) is 5.19. The highest BCUT2D eigenvalue weighted by Crippen LogP contribution is 2.44. The predicted molar refractivity (Wildman–Crippen MR) is 133 cm³/mol. The number of carboxylic acid groups (broad SMARTS) is 1. The van der Waals surface area contributed by atoms with Gasteiger partial charge in [0.05, 0.1) is 6.42 Å². The van der Waals surface area contributed by atoms with Crippen LogP contribution in [0.2, 0.25) is 0 Å². The summed E-state index contributed by atoms with van der Waals surface area (Å²) in [7, 11) is 0. The number of nitrogens with zero attached hydrogens (tertiary/aromatic N) is 1. The zero-order valence-corrected chi connectivity index (χ0v) is 19.7. The van der Waals surface area contributed by atoms with Gasteiger partial charge in [-0.3, -0.25) is 9.59 Å². The van der Waals surface area contributed by atoms with E-state index < -0.39 is 30.4 Å². The SMILES string of the molecule is CCN(C(=O)C(CC(=O)O)NC(=O)OCC1c2ccccc2-c2ccccc21)c1ccc(C)cc1. The van der Waals surface area contributed by atoms with E-state index in [1.165, 1.54) is 4.90 Å². The van der Waals surface area contributed by atoms with E-state index in [2.05, 4.69) is 5.32 Å². The van der Waals surface area contributed by atoms with Gasteiger partial charge >= 0.3 is 12.1 Å². The van der Waals surface area contributed by atoms with E-state index in [-0.39, 0.29) is 12.5 Å². The minimum Gasteiger partial charge on any atom is -0.481 e. The minimum absolute atomic E-state index is 0.0727. The predicted octanol–water partition coefficient (Wildman–Crippen LogP) is 4.73. The van der Waals surface area contributed by atoms with Gasteiger partial charge in [-0.25, -0.2) is 4.79 Å². The fourth-order valence-electron chi connectivity index (χ4n) is 4.54. The number of carbonyl (C=O) groups excluding carboxylic acids is 2. The van der Waals surface area contributed by atoms with Gasteiger partial charge in [0.2, 0.25) is 5.91 Å². The van der Waals surface area contributed by atoms with Crippen LogP contribution in [-0.4, -0.2) is 42.3 Å².